The lowest BCUT2D eigenvalue weighted by molar-refractivity contribution is -0.138. The van der Waals surface area contributed by atoms with Crippen LogP contribution in [0.4, 0.5) is 0 Å². The minimum atomic E-state index is -0.318. The number of carbonyl (C=O) groups excluding carboxylic acids is 2. The molecule has 1 atom stereocenters. The summed E-state index contributed by atoms with van der Waals surface area (Å²) in [7, 11) is 0. The number of nitrogens with one attached hydrogen (secondary N) is 1. The molecule has 86 valence electrons. The molecule has 0 saturated carbocycles. The van der Waals surface area contributed by atoms with Gasteiger partial charge in [0.15, 0.2) is 0 Å². The molecule has 1 aliphatic heterocycles. The molecule has 4 nitrogen and oxygen atoms in total. The van der Waals surface area contributed by atoms with Crippen molar-refractivity contribution < 1.29 is 14.3 Å². The molecular formula is C11H19NO3. The van der Waals surface area contributed by atoms with Gasteiger partial charge in [-0.2, -0.15) is 0 Å². The Balaban J connectivity index is 0.000000265. The van der Waals surface area contributed by atoms with Crippen LogP contribution in [-0.2, 0) is 14.3 Å². The fourth-order valence-corrected chi connectivity index (χ4v) is 0.982. The van der Waals surface area contributed by atoms with E-state index in [1.165, 1.54) is 0 Å². The Kier molecular flexibility index (Phi) is 5.67. The molecule has 1 fully saturated rings. The van der Waals surface area contributed by atoms with Gasteiger partial charge in [-0.15, -0.1) is 6.58 Å². The lowest BCUT2D eigenvalue weighted by Gasteiger charge is -2.14. The Morgan fingerprint density at radius 1 is 1.53 bits per heavy atom. The summed E-state index contributed by atoms with van der Waals surface area (Å²) in [6, 6.07) is 0. The minimum absolute atomic E-state index is 0.0787. The topological polar surface area (TPSA) is 55.4 Å². The molecule has 1 amide bonds. The van der Waals surface area contributed by atoms with Gasteiger partial charge in [0, 0.05) is 6.54 Å². The first-order valence-electron chi connectivity index (χ1n) is 4.92. The average Bonchev–Trinajstić information content (AvgIpc) is 2.49. The molecule has 0 aromatic rings. The van der Waals surface area contributed by atoms with E-state index in [1.807, 2.05) is 20.8 Å². The first-order chi connectivity index (χ1) is 6.90. The van der Waals surface area contributed by atoms with Gasteiger partial charge in [0.25, 0.3) is 6.47 Å². The third kappa shape index (κ3) is 6.71. The standard InChI is InChI=1S/C6H9NO.C5H10O2/c1-2-5-3-4-7-6(5)8;1-5(2,3)7-4-6/h2,5H,1,3-4H2,(H,7,8);4H,1-3H3. The molecular weight excluding hydrogens is 194 g/mol. The van der Waals surface area contributed by atoms with E-state index in [4.69, 9.17) is 0 Å². The van der Waals surface area contributed by atoms with E-state index in [1.54, 1.807) is 6.08 Å². The fourth-order valence-electron chi connectivity index (χ4n) is 0.982. The summed E-state index contributed by atoms with van der Waals surface area (Å²) in [5.41, 5.74) is -0.318. The van der Waals surface area contributed by atoms with E-state index in [0.29, 0.717) is 6.47 Å². The SMILES string of the molecule is C=CC1CCNC1=O.CC(C)(C)OC=O. The van der Waals surface area contributed by atoms with Crippen molar-refractivity contribution in [2.24, 2.45) is 5.92 Å². The lowest BCUT2D eigenvalue weighted by atomic mass is 10.1. The summed E-state index contributed by atoms with van der Waals surface area (Å²) in [4.78, 5) is 20.2. The highest BCUT2D eigenvalue weighted by atomic mass is 16.5. The van der Waals surface area contributed by atoms with Gasteiger partial charge in [0.05, 0.1) is 5.92 Å². The molecule has 1 aliphatic rings. The summed E-state index contributed by atoms with van der Waals surface area (Å²) in [6.45, 7) is 10.3. The molecule has 0 aliphatic carbocycles. The molecule has 0 aromatic heterocycles. The van der Waals surface area contributed by atoms with Crippen molar-refractivity contribution in [1.29, 1.82) is 0 Å². The highest BCUT2D eigenvalue weighted by molar-refractivity contribution is 5.82. The number of hydrogen-bond donors (Lipinski definition) is 1. The van der Waals surface area contributed by atoms with Crippen molar-refractivity contribution in [3.63, 3.8) is 0 Å². The van der Waals surface area contributed by atoms with Gasteiger partial charge < -0.3 is 10.1 Å². The van der Waals surface area contributed by atoms with Crippen LogP contribution in [0, 0.1) is 5.92 Å². The van der Waals surface area contributed by atoms with Crippen LogP contribution < -0.4 is 5.32 Å². The van der Waals surface area contributed by atoms with Crippen LogP contribution >= 0.6 is 0 Å². The summed E-state index contributed by atoms with van der Waals surface area (Å²) in [5, 5.41) is 2.71. The Bertz CT molecular complexity index is 230. The average molecular weight is 213 g/mol. The van der Waals surface area contributed by atoms with Gasteiger partial charge in [-0.1, -0.05) is 6.08 Å². The monoisotopic (exact) mass is 213 g/mol. The third-order valence-corrected chi connectivity index (χ3v) is 1.78. The van der Waals surface area contributed by atoms with E-state index in [-0.39, 0.29) is 17.4 Å². The molecule has 0 aromatic carbocycles. The number of carbonyl (C=O) groups is 2. The van der Waals surface area contributed by atoms with Gasteiger partial charge >= 0.3 is 0 Å². The van der Waals surface area contributed by atoms with Crippen LogP contribution in [0.2, 0.25) is 0 Å². The molecule has 0 bridgehead atoms. The lowest BCUT2D eigenvalue weighted by Crippen LogP contribution is -2.17. The zero-order chi connectivity index (χ0) is 11.9. The van der Waals surface area contributed by atoms with Crippen LogP contribution in [-0.4, -0.2) is 24.5 Å². The van der Waals surface area contributed by atoms with Crippen LogP contribution in [0.1, 0.15) is 27.2 Å². The van der Waals surface area contributed by atoms with Crippen molar-refractivity contribution in [3.05, 3.63) is 12.7 Å². The first kappa shape index (κ1) is 13.7. The van der Waals surface area contributed by atoms with E-state index < -0.39 is 0 Å². The Morgan fingerprint density at radius 3 is 2.27 bits per heavy atom. The largest absolute Gasteiger partial charge is 0.462 e. The number of hydrogen-bond acceptors (Lipinski definition) is 3. The maximum Gasteiger partial charge on any atom is 0.293 e. The molecule has 0 spiro atoms. The summed E-state index contributed by atoms with van der Waals surface area (Å²) >= 11 is 0. The number of ether oxygens (including phenoxy) is 1. The molecule has 1 rings (SSSR count). The van der Waals surface area contributed by atoms with E-state index >= 15 is 0 Å². The van der Waals surface area contributed by atoms with Gasteiger partial charge in [-0.05, 0) is 27.2 Å². The smallest absolute Gasteiger partial charge is 0.293 e. The van der Waals surface area contributed by atoms with E-state index in [2.05, 4.69) is 16.6 Å². The van der Waals surface area contributed by atoms with Crippen LogP contribution in [0.25, 0.3) is 0 Å². The molecule has 1 heterocycles. The highest BCUT2D eigenvalue weighted by Gasteiger charge is 2.19. The van der Waals surface area contributed by atoms with Crippen LogP contribution in [0.5, 0.6) is 0 Å². The van der Waals surface area contributed by atoms with Crippen molar-refractivity contribution in [3.8, 4) is 0 Å². The zero-order valence-corrected chi connectivity index (χ0v) is 9.58. The summed E-state index contributed by atoms with van der Waals surface area (Å²) < 4.78 is 4.55. The van der Waals surface area contributed by atoms with E-state index in [0.717, 1.165) is 13.0 Å². The van der Waals surface area contributed by atoms with Gasteiger partial charge in [0.2, 0.25) is 5.91 Å². The summed E-state index contributed by atoms with van der Waals surface area (Å²) in [5.74, 6) is 0.204. The van der Waals surface area contributed by atoms with Crippen molar-refractivity contribution in [2.45, 2.75) is 32.8 Å². The van der Waals surface area contributed by atoms with Gasteiger partial charge in [-0.25, -0.2) is 0 Å². The first-order valence-corrected chi connectivity index (χ1v) is 4.92. The number of amides is 1. The van der Waals surface area contributed by atoms with Gasteiger partial charge in [-0.3, -0.25) is 9.59 Å². The zero-order valence-electron chi connectivity index (χ0n) is 9.58. The van der Waals surface area contributed by atoms with Crippen molar-refractivity contribution >= 4 is 12.4 Å². The molecule has 1 saturated heterocycles. The predicted octanol–water partition coefficient (Wildman–Crippen LogP) is 1.27. The number of rotatable bonds is 2. The minimum Gasteiger partial charge on any atom is -0.462 e. The molecule has 0 radical (unpaired) electrons. The highest BCUT2D eigenvalue weighted by Crippen LogP contribution is 2.08. The van der Waals surface area contributed by atoms with Crippen molar-refractivity contribution in [1.82, 2.24) is 5.32 Å². The Labute approximate surface area is 90.7 Å². The van der Waals surface area contributed by atoms with Crippen molar-refractivity contribution in [2.75, 3.05) is 6.54 Å². The Morgan fingerprint density at radius 2 is 2.13 bits per heavy atom. The molecule has 1 N–H and O–H groups in total. The molecule has 15 heavy (non-hydrogen) atoms. The second-order valence-electron chi connectivity index (χ2n) is 4.25. The second-order valence-corrected chi connectivity index (χ2v) is 4.25. The summed E-state index contributed by atoms with van der Waals surface area (Å²) in [6.07, 6.45) is 2.62. The van der Waals surface area contributed by atoms with Crippen LogP contribution in [0.3, 0.4) is 0 Å². The molecule has 1 unspecified atom stereocenters. The van der Waals surface area contributed by atoms with Crippen LogP contribution in [0.15, 0.2) is 12.7 Å². The normalized spacial score (nSPS) is 19.7. The third-order valence-electron chi connectivity index (χ3n) is 1.78. The van der Waals surface area contributed by atoms with Gasteiger partial charge in [0.1, 0.15) is 5.60 Å². The molecule has 4 heteroatoms. The second kappa shape index (κ2) is 6.22. The maximum absolute atomic E-state index is 10.6. The Hall–Kier alpha value is -1.32. The fraction of sp³-hybridized carbons (Fsp3) is 0.636. The maximum atomic E-state index is 10.6. The quantitative estimate of drug-likeness (QED) is 0.555. The predicted molar refractivity (Wildman–Crippen MR) is 58.2 cm³/mol. The van der Waals surface area contributed by atoms with E-state index in [9.17, 15) is 9.59 Å².